The summed E-state index contributed by atoms with van der Waals surface area (Å²) in [5.41, 5.74) is 4.78. The zero-order chi connectivity index (χ0) is 23.2. The summed E-state index contributed by atoms with van der Waals surface area (Å²) in [6, 6.07) is 10.3. The average molecular weight is 441 g/mol. The first-order valence-electron chi connectivity index (χ1n) is 11.8. The number of methoxy groups -OCH3 is 3. The van der Waals surface area contributed by atoms with Gasteiger partial charge in [-0.25, -0.2) is 0 Å². The number of aliphatic hydroxyl groups is 1. The highest BCUT2D eigenvalue weighted by atomic mass is 16.5. The molecule has 2 aromatic carbocycles. The van der Waals surface area contributed by atoms with Gasteiger partial charge in [0.15, 0.2) is 11.5 Å². The van der Waals surface area contributed by atoms with Gasteiger partial charge in [0.25, 0.3) is 0 Å². The zero-order valence-electron chi connectivity index (χ0n) is 20.3. The molecule has 0 spiro atoms. The first kappa shape index (κ1) is 25.8. The van der Waals surface area contributed by atoms with Crippen molar-refractivity contribution < 1.29 is 19.3 Å². The molecule has 0 aliphatic carbocycles. The van der Waals surface area contributed by atoms with Gasteiger partial charge in [-0.05, 0) is 66.6 Å². The van der Waals surface area contributed by atoms with Gasteiger partial charge in [-0.15, -0.1) is 0 Å². The normalized spacial score (nSPS) is 11.2. The quantitative estimate of drug-likeness (QED) is 0.243. The van der Waals surface area contributed by atoms with Crippen LogP contribution in [0.4, 0.5) is 0 Å². The zero-order valence-corrected chi connectivity index (χ0v) is 20.3. The van der Waals surface area contributed by atoms with Gasteiger partial charge in [-0.2, -0.15) is 0 Å². The molecule has 0 unspecified atom stereocenters. The predicted octanol–water partition coefficient (Wildman–Crippen LogP) is 6.85. The van der Waals surface area contributed by atoms with Gasteiger partial charge in [-0.3, -0.25) is 0 Å². The van der Waals surface area contributed by atoms with Crippen molar-refractivity contribution in [1.82, 2.24) is 0 Å². The Balaban J connectivity index is 1.93. The van der Waals surface area contributed by atoms with Gasteiger partial charge >= 0.3 is 0 Å². The van der Waals surface area contributed by atoms with Gasteiger partial charge in [0.1, 0.15) is 5.75 Å². The van der Waals surface area contributed by atoms with Gasteiger partial charge in [0, 0.05) is 6.61 Å². The summed E-state index contributed by atoms with van der Waals surface area (Å²) in [6.07, 6.45) is 14.9. The summed E-state index contributed by atoms with van der Waals surface area (Å²) in [4.78, 5) is 0. The van der Waals surface area contributed by atoms with Crippen LogP contribution in [0.2, 0.25) is 0 Å². The average Bonchev–Trinajstić information content (AvgIpc) is 2.82. The van der Waals surface area contributed by atoms with Crippen LogP contribution in [0.5, 0.6) is 17.2 Å². The first-order valence-corrected chi connectivity index (χ1v) is 11.8. The van der Waals surface area contributed by atoms with Crippen molar-refractivity contribution in [3.05, 3.63) is 52.6 Å². The van der Waals surface area contributed by atoms with Crippen molar-refractivity contribution in [3.8, 4) is 17.2 Å². The Morgan fingerprint density at radius 2 is 1.22 bits per heavy atom. The fourth-order valence-electron chi connectivity index (χ4n) is 4.03. The van der Waals surface area contributed by atoms with E-state index in [9.17, 15) is 0 Å². The molecule has 0 radical (unpaired) electrons. The molecule has 4 heteroatoms. The number of benzene rings is 2. The van der Waals surface area contributed by atoms with Gasteiger partial charge in [0.2, 0.25) is 0 Å². The molecule has 4 nitrogen and oxygen atoms in total. The van der Waals surface area contributed by atoms with E-state index in [1.807, 2.05) is 18.2 Å². The molecule has 0 aromatic heterocycles. The molecule has 2 rings (SSSR count). The molecule has 32 heavy (non-hydrogen) atoms. The maximum absolute atomic E-state index is 8.83. The number of ether oxygens (including phenoxy) is 3. The highest BCUT2D eigenvalue weighted by Crippen LogP contribution is 2.30. The molecule has 0 fully saturated rings. The molecular formula is C28H40O4. The summed E-state index contributed by atoms with van der Waals surface area (Å²) < 4.78 is 16.4. The van der Waals surface area contributed by atoms with Crippen molar-refractivity contribution in [1.29, 1.82) is 0 Å². The third-order valence-electron chi connectivity index (χ3n) is 5.89. The number of aryl methyl sites for hydroxylation is 1. The Morgan fingerprint density at radius 1 is 0.656 bits per heavy atom. The molecule has 176 valence electrons. The molecule has 0 saturated heterocycles. The van der Waals surface area contributed by atoms with E-state index in [1.165, 1.54) is 49.7 Å². The van der Waals surface area contributed by atoms with Crippen LogP contribution in [0.25, 0.3) is 12.2 Å². The maximum Gasteiger partial charge on any atom is 0.161 e. The Hall–Kier alpha value is -2.46. The fraction of sp³-hybridized carbons (Fsp3) is 0.500. The first-order chi connectivity index (χ1) is 15.6. The molecule has 0 bridgehead atoms. The van der Waals surface area contributed by atoms with E-state index in [0.29, 0.717) is 6.61 Å². The Morgan fingerprint density at radius 3 is 1.84 bits per heavy atom. The fourth-order valence-corrected chi connectivity index (χ4v) is 4.03. The second-order valence-electron chi connectivity index (χ2n) is 8.27. The predicted molar refractivity (Wildman–Crippen MR) is 134 cm³/mol. The second kappa shape index (κ2) is 14.6. The lowest BCUT2D eigenvalue weighted by molar-refractivity contribution is 0.282. The van der Waals surface area contributed by atoms with Gasteiger partial charge < -0.3 is 19.3 Å². The molecule has 0 atom stereocenters. The largest absolute Gasteiger partial charge is 0.496 e. The lowest BCUT2D eigenvalue weighted by Gasteiger charge is -2.13. The van der Waals surface area contributed by atoms with Crippen LogP contribution in [-0.2, 0) is 6.42 Å². The minimum Gasteiger partial charge on any atom is -0.496 e. The van der Waals surface area contributed by atoms with E-state index < -0.39 is 0 Å². The highest BCUT2D eigenvalue weighted by molar-refractivity contribution is 5.72. The topological polar surface area (TPSA) is 47.9 Å². The van der Waals surface area contributed by atoms with Crippen LogP contribution in [0.1, 0.15) is 73.6 Å². The van der Waals surface area contributed by atoms with Crippen LogP contribution in [-0.4, -0.2) is 33.0 Å². The van der Waals surface area contributed by atoms with E-state index in [1.54, 1.807) is 21.3 Å². The van der Waals surface area contributed by atoms with Gasteiger partial charge in [0.05, 0.1) is 21.3 Å². The molecule has 0 saturated carbocycles. The summed E-state index contributed by atoms with van der Waals surface area (Å²) in [7, 11) is 5.05. The third kappa shape index (κ3) is 8.23. The smallest absolute Gasteiger partial charge is 0.161 e. The van der Waals surface area contributed by atoms with E-state index in [-0.39, 0.29) is 0 Å². The number of hydrogen-bond donors (Lipinski definition) is 1. The van der Waals surface area contributed by atoms with Crippen LogP contribution in [0.3, 0.4) is 0 Å². The van der Waals surface area contributed by atoms with Crippen LogP contribution in [0.15, 0.2) is 30.3 Å². The number of aliphatic hydroxyl groups excluding tert-OH is 1. The summed E-state index contributed by atoms with van der Waals surface area (Å²) >= 11 is 0. The monoisotopic (exact) mass is 440 g/mol. The molecule has 0 amide bonds. The standard InChI is InChI=1S/C28H40O4/c1-22-19-24(15-14-23-16-17-26(30-2)28(20-23)32-4)21-27(31-3)25(22)13-11-9-7-5-6-8-10-12-18-29/h14-17,19-21,29H,5-13,18H2,1-4H3/b15-14+. The minimum absolute atomic E-state index is 0.325. The lowest BCUT2D eigenvalue weighted by atomic mass is 9.97. The van der Waals surface area contributed by atoms with Crippen molar-refractivity contribution >= 4 is 12.2 Å². The minimum atomic E-state index is 0.325. The Labute approximate surface area is 194 Å². The van der Waals surface area contributed by atoms with E-state index >= 15 is 0 Å². The van der Waals surface area contributed by atoms with Gasteiger partial charge in [-0.1, -0.05) is 62.8 Å². The maximum atomic E-state index is 8.83. The van der Waals surface area contributed by atoms with Crippen molar-refractivity contribution in [2.75, 3.05) is 27.9 Å². The molecule has 2 aromatic rings. The van der Waals surface area contributed by atoms with Crippen LogP contribution >= 0.6 is 0 Å². The summed E-state index contributed by atoms with van der Waals surface area (Å²) in [5, 5.41) is 8.83. The molecule has 0 aliphatic rings. The van der Waals surface area contributed by atoms with Crippen molar-refractivity contribution in [3.63, 3.8) is 0 Å². The SMILES string of the molecule is COc1ccc(/C=C/c2cc(C)c(CCCCCCCCCCO)c(OC)c2)cc1OC. The molecule has 0 heterocycles. The van der Waals surface area contributed by atoms with E-state index in [4.69, 9.17) is 19.3 Å². The summed E-state index contributed by atoms with van der Waals surface area (Å²) in [5.74, 6) is 2.43. The van der Waals surface area contributed by atoms with E-state index in [0.717, 1.165) is 47.6 Å². The Kier molecular flexibility index (Phi) is 11.7. The highest BCUT2D eigenvalue weighted by Gasteiger charge is 2.09. The molecule has 0 aliphatic heterocycles. The van der Waals surface area contributed by atoms with Crippen LogP contribution < -0.4 is 14.2 Å². The van der Waals surface area contributed by atoms with E-state index in [2.05, 4.69) is 31.2 Å². The Bertz CT molecular complexity index is 842. The number of hydrogen-bond acceptors (Lipinski definition) is 4. The third-order valence-corrected chi connectivity index (χ3v) is 5.89. The number of unbranched alkanes of at least 4 members (excludes halogenated alkanes) is 7. The number of rotatable bonds is 15. The van der Waals surface area contributed by atoms with Crippen LogP contribution in [0, 0.1) is 6.92 Å². The van der Waals surface area contributed by atoms with Crippen molar-refractivity contribution in [2.24, 2.45) is 0 Å². The molecule has 1 N–H and O–H groups in total. The summed E-state index contributed by atoms with van der Waals surface area (Å²) in [6.45, 7) is 2.50. The molecular weight excluding hydrogens is 400 g/mol. The lowest BCUT2D eigenvalue weighted by Crippen LogP contribution is -1.97. The van der Waals surface area contributed by atoms with Crippen molar-refractivity contribution in [2.45, 2.75) is 64.7 Å². The second-order valence-corrected chi connectivity index (χ2v) is 8.27.